The van der Waals surface area contributed by atoms with Gasteiger partial charge in [0.1, 0.15) is 0 Å². The summed E-state index contributed by atoms with van der Waals surface area (Å²) in [5.74, 6) is 0.921. The lowest BCUT2D eigenvalue weighted by atomic mass is 9.89. The van der Waals surface area contributed by atoms with Crippen LogP contribution in [-0.4, -0.2) is 6.54 Å². The highest BCUT2D eigenvalue weighted by molar-refractivity contribution is 9.11. The van der Waals surface area contributed by atoms with E-state index in [4.69, 9.17) is 0 Å². The second-order valence-electron chi connectivity index (χ2n) is 5.77. The first-order chi connectivity index (χ1) is 9.20. The molecule has 1 aliphatic rings. The summed E-state index contributed by atoms with van der Waals surface area (Å²) in [5.41, 5.74) is 1.52. The molecule has 1 atom stereocenters. The van der Waals surface area contributed by atoms with Gasteiger partial charge in [0.2, 0.25) is 0 Å². The van der Waals surface area contributed by atoms with Gasteiger partial charge in [0, 0.05) is 10.9 Å². The van der Waals surface area contributed by atoms with Crippen molar-refractivity contribution in [2.24, 2.45) is 5.92 Å². The largest absolute Gasteiger partial charge is 0.310 e. The SMILES string of the molecule is CCNC(CC1CCCCCC1)c1cc(Br)sc1C. The maximum atomic E-state index is 3.71. The molecule has 1 fully saturated rings. The second-order valence-corrected chi connectivity index (χ2v) is 8.40. The molecule has 0 aliphatic heterocycles. The molecule has 1 aromatic heterocycles. The van der Waals surface area contributed by atoms with Crippen molar-refractivity contribution in [1.29, 1.82) is 0 Å². The minimum absolute atomic E-state index is 0.552. The Morgan fingerprint density at radius 2 is 2.00 bits per heavy atom. The smallest absolute Gasteiger partial charge is 0.0704 e. The first-order valence-electron chi connectivity index (χ1n) is 7.70. The van der Waals surface area contributed by atoms with E-state index in [1.807, 2.05) is 11.3 Å². The van der Waals surface area contributed by atoms with Crippen molar-refractivity contribution < 1.29 is 0 Å². The van der Waals surface area contributed by atoms with Gasteiger partial charge in [-0.25, -0.2) is 0 Å². The predicted molar refractivity (Wildman–Crippen MR) is 89.0 cm³/mol. The molecule has 1 aliphatic carbocycles. The summed E-state index contributed by atoms with van der Waals surface area (Å²) in [5, 5.41) is 3.71. The Labute approximate surface area is 130 Å². The molecule has 0 radical (unpaired) electrons. The fraction of sp³-hybridized carbons (Fsp3) is 0.750. The van der Waals surface area contributed by atoms with Crippen molar-refractivity contribution in [2.45, 2.75) is 64.8 Å². The summed E-state index contributed by atoms with van der Waals surface area (Å²) in [4.78, 5) is 1.46. The molecule has 1 unspecified atom stereocenters. The van der Waals surface area contributed by atoms with Gasteiger partial charge in [-0.1, -0.05) is 45.4 Å². The lowest BCUT2D eigenvalue weighted by Gasteiger charge is -2.23. The Bertz CT molecular complexity index is 380. The standard InChI is InChI=1S/C16H26BrNS/c1-3-18-15(14-11-16(17)19-12(14)2)10-13-8-6-4-5-7-9-13/h11,13,15,18H,3-10H2,1-2H3. The van der Waals surface area contributed by atoms with E-state index in [9.17, 15) is 0 Å². The van der Waals surface area contributed by atoms with Crippen molar-refractivity contribution in [3.8, 4) is 0 Å². The Morgan fingerprint density at radius 3 is 2.53 bits per heavy atom. The molecule has 0 spiro atoms. The number of aryl methyl sites for hydroxylation is 1. The predicted octanol–water partition coefficient (Wildman–Crippen LogP) is 5.83. The molecule has 2 rings (SSSR count). The first kappa shape index (κ1) is 15.5. The zero-order chi connectivity index (χ0) is 13.7. The van der Waals surface area contributed by atoms with Crippen LogP contribution in [0.3, 0.4) is 0 Å². The molecule has 1 heterocycles. The van der Waals surface area contributed by atoms with E-state index < -0.39 is 0 Å². The summed E-state index contributed by atoms with van der Waals surface area (Å²) < 4.78 is 1.27. The zero-order valence-electron chi connectivity index (χ0n) is 12.2. The third-order valence-electron chi connectivity index (χ3n) is 4.30. The highest BCUT2D eigenvalue weighted by atomic mass is 79.9. The monoisotopic (exact) mass is 343 g/mol. The summed E-state index contributed by atoms with van der Waals surface area (Å²) in [6.07, 6.45) is 9.97. The van der Waals surface area contributed by atoms with Gasteiger partial charge in [-0.2, -0.15) is 0 Å². The average Bonchev–Trinajstić information content (AvgIpc) is 2.58. The maximum Gasteiger partial charge on any atom is 0.0704 e. The fourth-order valence-electron chi connectivity index (χ4n) is 3.30. The van der Waals surface area contributed by atoms with Crippen LogP contribution < -0.4 is 5.32 Å². The highest BCUT2D eigenvalue weighted by Crippen LogP contribution is 2.36. The molecule has 1 nitrogen and oxygen atoms in total. The zero-order valence-corrected chi connectivity index (χ0v) is 14.6. The summed E-state index contributed by atoms with van der Waals surface area (Å²) in [6, 6.07) is 2.87. The van der Waals surface area contributed by atoms with Crippen LogP contribution in [0.2, 0.25) is 0 Å². The third-order valence-corrected chi connectivity index (χ3v) is 5.87. The van der Waals surface area contributed by atoms with Crippen LogP contribution in [-0.2, 0) is 0 Å². The Kier molecular flexibility index (Phi) is 6.37. The molecule has 19 heavy (non-hydrogen) atoms. The molecular weight excluding hydrogens is 318 g/mol. The number of rotatable bonds is 5. The van der Waals surface area contributed by atoms with E-state index in [2.05, 4.69) is 41.2 Å². The Morgan fingerprint density at radius 1 is 1.32 bits per heavy atom. The van der Waals surface area contributed by atoms with Crippen LogP contribution in [0.15, 0.2) is 9.85 Å². The van der Waals surface area contributed by atoms with Gasteiger partial charge in [-0.15, -0.1) is 11.3 Å². The van der Waals surface area contributed by atoms with E-state index in [0.717, 1.165) is 12.5 Å². The van der Waals surface area contributed by atoms with Gasteiger partial charge in [0.15, 0.2) is 0 Å². The topological polar surface area (TPSA) is 12.0 Å². The number of halogens is 1. The van der Waals surface area contributed by atoms with E-state index in [1.54, 1.807) is 0 Å². The summed E-state index contributed by atoms with van der Waals surface area (Å²) in [7, 11) is 0. The van der Waals surface area contributed by atoms with E-state index >= 15 is 0 Å². The van der Waals surface area contributed by atoms with Crippen LogP contribution in [0.25, 0.3) is 0 Å². The molecular formula is C16H26BrNS. The van der Waals surface area contributed by atoms with E-state index in [0.29, 0.717) is 6.04 Å². The van der Waals surface area contributed by atoms with Gasteiger partial charge in [0.05, 0.1) is 3.79 Å². The molecule has 108 valence electrons. The highest BCUT2D eigenvalue weighted by Gasteiger charge is 2.21. The fourth-order valence-corrected chi connectivity index (χ4v) is 5.08. The van der Waals surface area contributed by atoms with Crippen molar-refractivity contribution in [1.82, 2.24) is 5.32 Å². The average molecular weight is 344 g/mol. The minimum atomic E-state index is 0.552. The molecule has 1 saturated carbocycles. The molecule has 0 aromatic carbocycles. The molecule has 1 aromatic rings. The second kappa shape index (κ2) is 7.80. The number of hydrogen-bond donors (Lipinski definition) is 1. The molecule has 0 saturated heterocycles. The normalized spacial score (nSPS) is 19.3. The van der Waals surface area contributed by atoms with Gasteiger partial charge in [-0.05, 0) is 53.4 Å². The first-order valence-corrected chi connectivity index (χ1v) is 9.31. The van der Waals surface area contributed by atoms with Crippen molar-refractivity contribution in [2.75, 3.05) is 6.54 Å². The molecule has 3 heteroatoms. The van der Waals surface area contributed by atoms with Crippen LogP contribution >= 0.6 is 27.3 Å². The van der Waals surface area contributed by atoms with Crippen molar-refractivity contribution in [3.63, 3.8) is 0 Å². The maximum absolute atomic E-state index is 3.71. The van der Waals surface area contributed by atoms with E-state index in [-0.39, 0.29) is 0 Å². The summed E-state index contributed by atoms with van der Waals surface area (Å²) in [6.45, 7) is 5.53. The third kappa shape index (κ3) is 4.57. The van der Waals surface area contributed by atoms with E-state index in [1.165, 1.54) is 59.2 Å². The van der Waals surface area contributed by atoms with Gasteiger partial charge < -0.3 is 5.32 Å². The Balaban J connectivity index is 2.04. The molecule has 1 N–H and O–H groups in total. The number of thiophene rings is 1. The molecule has 0 bridgehead atoms. The lowest BCUT2D eigenvalue weighted by molar-refractivity contribution is 0.359. The molecule has 0 amide bonds. The minimum Gasteiger partial charge on any atom is -0.310 e. The summed E-state index contributed by atoms with van der Waals surface area (Å²) >= 11 is 5.50. The van der Waals surface area contributed by atoms with Gasteiger partial charge in [0.25, 0.3) is 0 Å². The van der Waals surface area contributed by atoms with Crippen LogP contribution in [0, 0.1) is 12.8 Å². The van der Waals surface area contributed by atoms with Crippen molar-refractivity contribution in [3.05, 3.63) is 20.3 Å². The van der Waals surface area contributed by atoms with Crippen molar-refractivity contribution >= 4 is 27.3 Å². The van der Waals surface area contributed by atoms with Gasteiger partial charge in [-0.3, -0.25) is 0 Å². The lowest BCUT2D eigenvalue weighted by Crippen LogP contribution is -2.23. The van der Waals surface area contributed by atoms with Crippen LogP contribution in [0.4, 0.5) is 0 Å². The number of hydrogen-bond acceptors (Lipinski definition) is 2. The van der Waals surface area contributed by atoms with Gasteiger partial charge >= 0.3 is 0 Å². The van der Waals surface area contributed by atoms with Crippen LogP contribution in [0.1, 0.15) is 68.4 Å². The van der Waals surface area contributed by atoms with Crippen LogP contribution in [0.5, 0.6) is 0 Å². The number of nitrogens with one attached hydrogen (secondary N) is 1. The quantitative estimate of drug-likeness (QED) is 0.663. The Hall–Kier alpha value is 0.140.